The van der Waals surface area contributed by atoms with E-state index in [2.05, 4.69) is 34.0 Å². The molecule has 2 rings (SSSR count). The first-order valence-corrected chi connectivity index (χ1v) is 9.05. The van der Waals surface area contributed by atoms with Crippen LogP contribution in [0.15, 0.2) is 16.8 Å². The predicted molar refractivity (Wildman–Crippen MR) is 93.4 cm³/mol. The molecule has 1 saturated heterocycles. The average Bonchev–Trinajstić information content (AvgIpc) is 3.05. The normalized spacial score (nSPS) is 17.8. The maximum atomic E-state index is 12.2. The number of carbonyl (C=O) groups is 2. The summed E-state index contributed by atoms with van der Waals surface area (Å²) in [5, 5.41) is 7.02. The molecule has 128 valence electrons. The van der Waals surface area contributed by atoms with Crippen molar-refractivity contribution in [2.24, 2.45) is 5.41 Å². The van der Waals surface area contributed by atoms with E-state index in [9.17, 15) is 9.59 Å². The van der Waals surface area contributed by atoms with Crippen molar-refractivity contribution in [3.8, 4) is 0 Å². The molecule has 2 amide bonds. The van der Waals surface area contributed by atoms with Crippen molar-refractivity contribution in [1.29, 1.82) is 0 Å². The fourth-order valence-corrected chi connectivity index (χ4v) is 3.36. The summed E-state index contributed by atoms with van der Waals surface area (Å²) >= 11 is 1.72. The second-order valence-corrected chi connectivity index (χ2v) is 7.86. The van der Waals surface area contributed by atoms with E-state index in [1.54, 1.807) is 11.3 Å². The van der Waals surface area contributed by atoms with Crippen LogP contribution in [-0.2, 0) is 9.59 Å². The minimum Gasteiger partial charge on any atom is -0.347 e. The highest BCUT2D eigenvalue weighted by Gasteiger charge is 2.26. The summed E-state index contributed by atoms with van der Waals surface area (Å²) in [6.45, 7) is 11.0. The lowest BCUT2D eigenvalue weighted by molar-refractivity contribution is -0.136. The number of hydrogen-bond donors (Lipinski definition) is 1. The number of rotatable bonds is 4. The maximum Gasteiger partial charge on any atom is 0.242 e. The van der Waals surface area contributed by atoms with E-state index in [-0.39, 0.29) is 18.4 Å². The van der Waals surface area contributed by atoms with Gasteiger partial charge in [-0.3, -0.25) is 14.5 Å². The molecule has 1 N–H and O–H groups in total. The van der Waals surface area contributed by atoms with Crippen molar-refractivity contribution in [1.82, 2.24) is 15.1 Å². The van der Waals surface area contributed by atoms with E-state index in [0.717, 1.165) is 26.2 Å². The third-order valence-electron chi connectivity index (χ3n) is 4.32. The van der Waals surface area contributed by atoms with Crippen molar-refractivity contribution < 1.29 is 9.59 Å². The van der Waals surface area contributed by atoms with Gasteiger partial charge in [0.1, 0.15) is 0 Å². The molecule has 23 heavy (non-hydrogen) atoms. The molecule has 6 heteroatoms. The molecular formula is C17H27N3O2S. The quantitative estimate of drug-likeness (QED) is 0.915. The fourth-order valence-electron chi connectivity index (χ4n) is 2.62. The number of carbonyl (C=O) groups excluding carboxylic acids is 2. The summed E-state index contributed by atoms with van der Waals surface area (Å²) in [5.74, 6) is -0.0824. The smallest absolute Gasteiger partial charge is 0.242 e. The molecule has 1 fully saturated rings. The SMILES string of the molecule is C[C@H](c1ccsc1)N1CCN(C(=O)CNC(=O)C(C)(C)C)CC1. The molecule has 1 aromatic heterocycles. The van der Waals surface area contributed by atoms with Gasteiger partial charge in [-0.15, -0.1) is 0 Å². The zero-order valence-electron chi connectivity index (χ0n) is 14.5. The third-order valence-corrected chi connectivity index (χ3v) is 5.02. The molecule has 2 heterocycles. The van der Waals surface area contributed by atoms with Gasteiger partial charge in [0.25, 0.3) is 0 Å². The van der Waals surface area contributed by atoms with Crippen LogP contribution in [0.5, 0.6) is 0 Å². The number of nitrogens with one attached hydrogen (secondary N) is 1. The Kier molecular flexibility index (Phi) is 5.81. The summed E-state index contributed by atoms with van der Waals surface area (Å²) in [4.78, 5) is 28.3. The largest absolute Gasteiger partial charge is 0.347 e. The Hall–Kier alpha value is -1.40. The topological polar surface area (TPSA) is 52.6 Å². The van der Waals surface area contributed by atoms with E-state index >= 15 is 0 Å². The van der Waals surface area contributed by atoms with Gasteiger partial charge >= 0.3 is 0 Å². The van der Waals surface area contributed by atoms with Crippen LogP contribution in [0.4, 0.5) is 0 Å². The van der Waals surface area contributed by atoms with Gasteiger partial charge in [-0.25, -0.2) is 0 Å². The Morgan fingerprint density at radius 2 is 1.91 bits per heavy atom. The number of thiophene rings is 1. The van der Waals surface area contributed by atoms with Crippen molar-refractivity contribution in [2.75, 3.05) is 32.7 Å². The van der Waals surface area contributed by atoms with Crippen LogP contribution in [0.3, 0.4) is 0 Å². The van der Waals surface area contributed by atoms with E-state index in [0.29, 0.717) is 6.04 Å². The van der Waals surface area contributed by atoms with E-state index < -0.39 is 5.41 Å². The lowest BCUT2D eigenvalue weighted by Gasteiger charge is -2.38. The van der Waals surface area contributed by atoms with Crippen molar-refractivity contribution in [3.05, 3.63) is 22.4 Å². The Labute approximate surface area is 142 Å². The zero-order valence-corrected chi connectivity index (χ0v) is 15.3. The molecule has 0 spiro atoms. The summed E-state index contributed by atoms with van der Waals surface area (Å²) in [5.41, 5.74) is 0.877. The van der Waals surface area contributed by atoms with Crippen LogP contribution < -0.4 is 5.32 Å². The number of nitrogens with zero attached hydrogens (tertiary/aromatic N) is 2. The average molecular weight is 337 g/mol. The van der Waals surface area contributed by atoms with Crippen LogP contribution in [-0.4, -0.2) is 54.3 Å². The Bertz CT molecular complexity index is 529. The lowest BCUT2D eigenvalue weighted by Crippen LogP contribution is -2.52. The summed E-state index contributed by atoms with van der Waals surface area (Å²) in [7, 11) is 0. The molecule has 1 aliphatic rings. The van der Waals surface area contributed by atoms with Crippen molar-refractivity contribution in [2.45, 2.75) is 33.7 Å². The van der Waals surface area contributed by atoms with Gasteiger partial charge < -0.3 is 10.2 Å². The van der Waals surface area contributed by atoms with Crippen LogP contribution in [0.25, 0.3) is 0 Å². The first-order valence-electron chi connectivity index (χ1n) is 8.11. The van der Waals surface area contributed by atoms with Crippen LogP contribution in [0.1, 0.15) is 39.3 Å². The molecule has 5 nitrogen and oxygen atoms in total. The van der Waals surface area contributed by atoms with Gasteiger partial charge in [-0.2, -0.15) is 11.3 Å². The molecule has 0 aromatic carbocycles. The molecule has 0 bridgehead atoms. The van der Waals surface area contributed by atoms with Crippen LogP contribution in [0, 0.1) is 5.41 Å². The molecule has 0 radical (unpaired) electrons. The second kappa shape index (κ2) is 7.45. The predicted octanol–water partition coefficient (Wildman–Crippen LogP) is 2.12. The highest BCUT2D eigenvalue weighted by Crippen LogP contribution is 2.23. The van der Waals surface area contributed by atoms with Gasteiger partial charge in [0, 0.05) is 37.6 Å². The van der Waals surface area contributed by atoms with Gasteiger partial charge in [0.15, 0.2) is 0 Å². The van der Waals surface area contributed by atoms with Crippen LogP contribution in [0.2, 0.25) is 0 Å². The number of piperazine rings is 1. The van der Waals surface area contributed by atoms with Gasteiger partial charge in [0.2, 0.25) is 11.8 Å². The maximum absolute atomic E-state index is 12.2. The minimum atomic E-state index is -0.463. The standard InChI is InChI=1S/C17H27N3O2S/c1-13(14-5-10-23-12-14)19-6-8-20(9-7-19)15(21)11-18-16(22)17(2,3)4/h5,10,12-13H,6-9,11H2,1-4H3,(H,18,22)/t13-/m1/s1. The molecule has 1 aromatic rings. The van der Waals surface area contributed by atoms with Gasteiger partial charge in [0.05, 0.1) is 6.54 Å². The highest BCUT2D eigenvalue weighted by atomic mass is 32.1. The number of amides is 2. The first kappa shape index (κ1) is 17.9. The Morgan fingerprint density at radius 3 is 2.43 bits per heavy atom. The molecule has 0 saturated carbocycles. The second-order valence-electron chi connectivity index (χ2n) is 7.08. The molecule has 1 atom stereocenters. The minimum absolute atomic E-state index is 0.00503. The summed E-state index contributed by atoms with van der Waals surface area (Å²) in [6.07, 6.45) is 0. The molecular weight excluding hydrogens is 310 g/mol. The van der Waals surface area contributed by atoms with Crippen LogP contribution >= 0.6 is 11.3 Å². The molecule has 0 unspecified atom stereocenters. The van der Waals surface area contributed by atoms with Gasteiger partial charge in [-0.1, -0.05) is 20.8 Å². The fraction of sp³-hybridized carbons (Fsp3) is 0.647. The Balaban J connectivity index is 1.78. The van der Waals surface area contributed by atoms with Crippen molar-refractivity contribution in [3.63, 3.8) is 0 Å². The first-order chi connectivity index (χ1) is 10.8. The summed E-state index contributed by atoms with van der Waals surface area (Å²) < 4.78 is 0. The number of hydrogen-bond acceptors (Lipinski definition) is 4. The Morgan fingerprint density at radius 1 is 1.26 bits per heavy atom. The molecule has 0 aliphatic carbocycles. The zero-order chi connectivity index (χ0) is 17.0. The van der Waals surface area contributed by atoms with Gasteiger partial charge in [-0.05, 0) is 29.3 Å². The summed E-state index contributed by atoms with van der Waals surface area (Å²) in [6, 6.07) is 2.55. The third kappa shape index (κ3) is 4.78. The van der Waals surface area contributed by atoms with E-state index in [1.807, 2.05) is 25.7 Å². The molecule has 1 aliphatic heterocycles. The monoisotopic (exact) mass is 337 g/mol. The van der Waals surface area contributed by atoms with E-state index in [1.165, 1.54) is 5.56 Å². The van der Waals surface area contributed by atoms with E-state index in [4.69, 9.17) is 0 Å². The lowest BCUT2D eigenvalue weighted by atomic mass is 9.96. The highest BCUT2D eigenvalue weighted by molar-refractivity contribution is 7.07. The van der Waals surface area contributed by atoms with Crippen molar-refractivity contribution >= 4 is 23.2 Å².